The second kappa shape index (κ2) is 13.8. The van der Waals surface area contributed by atoms with Crippen molar-refractivity contribution in [1.29, 1.82) is 0 Å². The zero-order valence-corrected chi connectivity index (χ0v) is 29.0. The first-order chi connectivity index (χ1) is 22.7. The normalized spacial score (nSPS) is 19.0. The van der Waals surface area contributed by atoms with Gasteiger partial charge in [0.1, 0.15) is 34.8 Å². The molecule has 1 atom stereocenters. The molecular weight excluding hydrogens is 611 g/mol. The van der Waals surface area contributed by atoms with Crippen LogP contribution in [0, 0.1) is 19.3 Å². The number of aldehydes is 1. The molecule has 1 spiro atoms. The van der Waals surface area contributed by atoms with E-state index in [0.717, 1.165) is 111 Å². The highest BCUT2D eigenvalue weighted by Gasteiger charge is 2.55. The molecule has 1 aliphatic heterocycles. The predicted octanol–water partition coefficient (Wildman–Crippen LogP) is 7.14. The molecule has 3 aliphatic rings. The third-order valence-corrected chi connectivity index (χ3v) is 11.5. The van der Waals surface area contributed by atoms with Crippen molar-refractivity contribution >= 4 is 35.2 Å². The van der Waals surface area contributed by atoms with Crippen molar-refractivity contribution in [1.82, 2.24) is 15.0 Å². The summed E-state index contributed by atoms with van der Waals surface area (Å²) in [4.78, 5) is 35.5. The predicted molar refractivity (Wildman–Crippen MR) is 185 cm³/mol. The summed E-state index contributed by atoms with van der Waals surface area (Å²) in [6, 6.07) is 14.1. The van der Waals surface area contributed by atoms with E-state index < -0.39 is 16.9 Å². The molecule has 3 aromatic rings. The molecule has 6 rings (SSSR count). The molecule has 0 radical (unpaired) electrons. The Morgan fingerprint density at radius 3 is 2.55 bits per heavy atom. The summed E-state index contributed by atoms with van der Waals surface area (Å²) in [7, 11) is 2.06. The van der Waals surface area contributed by atoms with Crippen molar-refractivity contribution in [2.24, 2.45) is 10.4 Å². The van der Waals surface area contributed by atoms with Crippen molar-refractivity contribution < 1.29 is 18.7 Å². The molecule has 2 aromatic carbocycles. The highest BCUT2D eigenvalue weighted by Crippen LogP contribution is 2.54. The number of hydrogen-bond acceptors (Lipinski definition) is 7. The van der Waals surface area contributed by atoms with E-state index >= 15 is 0 Å². The highest BCUT2D eigenvalue weighted by molar-refractivity contribution is 7.92. The molecule has 1 N–H and O–H groups in total. The van der Waals surface area contributed by atoms with E-state index in [0.29, 0.717) is 29.6 Å². The van der Waals surface area contributed by atoms with Gasteiger partial charge in [-0.3, -0.25) is 9.79 Å². The van der Waals surface area contributed by atoms with Crippen LogP contribution in [0.15, 0.2) is 56.9 Å². The van der Waals surface area contributed by atoms with Gasteiger partial charge in [0.2, 0.25) is 11.7 Å². The van der Waals surface area contributed by atoms with Crippen LogP contribution >= 0.6 is 0 Å². The summed E-state index contributed by atoms with van der Waals surface area (Å²) in [6.45, 7) is 7.76. The summed E-state index contributed by atoms with van der Waals surface area (Å²) < 4.78 is 22.1. The summed E-state index contributed by atoms with van der Waals surface area (Å²) in [5.41, 5.74) is 3.99. The fraction of sp³-hybridized carbons (Fsp3) is 0.514. The average Bonchev–Trinajstić information content (AvgIpc) is 3.48. The van der Waals surface area contributed by atoms with Crippen LogP contribution in [0.2, 0.25) is 0 Å². The molecule has 47 heavy (non-hydrogen) atoms. The van der Waals surface area contributed by atoms with Gasteiger partial charge in [-0.25, -0.2) is 0 Å². The summed E-state index contributed by atoms with van der Waals surface area (Å²) in [5.74, 6) is 2.37. The summed E-state index contributed by atoms with van der Waals surface area (Å²) in [5, 5.41) is 4.05. The number of likely N-dealkylation sites (tertiary alicyclic amines) is 1. The number of aliphatic imine (C=N–C) groups is 1. The molecule has 2 saturated carbocycles. The van der Waals surface area contributed by atoms with Crippen LogP contribution in [0.1, 0.15) is 93.6 Å². The lowest BCUT2D eigenvalue weighted by Gasteiger charge is -2.27. The van der Waals surface area contributed by atoms with Crippen molar-refractivity contribution in [2.45, 2.75) is 109 Å². The maximum atomic E-state index is 13.7. The number of aryl methyl sites for hydroxylation is 1. The average molecular weight is 658 g/mol. The van der Waals surface area contributed by atoms with Gasteiger partial charge in [-0.1, -0.05) is 61.7 Å². The molecule has 0 bridgehead atoms. The number of nitrogens with zero attached hydrogens (tertiary/aromatic N) is 4. The van der Waals surface area contributed by atoms with Crippen LogP contribution in [0.25, 0.3) is 11.1 Å². The minimum absolute atomic E-state index is 0.145. The number of carbonyl (C=O) groups excluding carboxylic acids is 2. The quantitative estimate of drug-likeness (QED) is 0.0900. The molecule has 1 unspecified atom stereocenters. The van der Waals surface area contributed by atoms with Gasteiger partial charge in [0.25, 0.3) is 0 Å². The van der Waals surface area contributed by atoms with Crippen LogP contribution in [-0.2, 0) is 34.0 Å². The lowest BCUT2D eigenvalue weighted by Crippen LogP contribution is -2.33. The number of aromatic nitrogens is 1. The van der Waals surface area contributed by atoms with Crippen molar-refractivity contribution in [3.8, 4) is 11.1 Å². The first-order valence-electron chi connectivity index (χ1n) is 17.1. The minimum atomic E-state index is -1.60. The van der Waals surface area contributed by atoms with Gasteiger partial charge in [-0.05, 0) is 81.2 Å². The molecule has 3 fully saturated rings. The van der Waals surface area contributed by atoms with Crippen LogP contribution in [0.4, 0.5) is 5.82 Å². The molecule has 2 heterocycles. The lowest BCUT2D eigenvalue weighted by molar-refractivity contribution is -0.132. The van der Waals surface area contributed by atoms with E-state index in [1.54, 1.807) is 0 Å². The van der Waals surface area contributed by atoms with E-state index in [1.165, 1.54) is 0 Å². The molecular formula is C37H47N5O4S. The number of rotatable bonds is 13. The Labute approximate surface area is 281 Å². The van der Waals surface area contributed by atoms with Crippen LogP contribution in [-0.4, -0.2) is 56.7 Å². The zero-order chi connectivity index (χ0) is 33.2. The monoisotopic (exact) mass is 657 g/mol. The largest absolute Gasteiger partial charge is 0.588 e. The van der Waals surface area contributed by atoms with E-state index in [2.05, 4.69) is 46.9 Å². The van der Waals surface area contributed by atoms with Crippen molar-refractivity contribution in [2.75, 3.05) is 18.3 Å². The Balaban J connectivity index is 1.33. The van der Waals surface area contributed by atoms with Gasteiger partial charge in [0.15, 0.2) is 4.90 Å². The fourth-order valence-corrected chi connectivity index (χ4v) is 8.10. The molecule has 10 heteroatoms. The van der Waals surface area contributed by atoms with E-state index in [9.17, 15) is 14.1 Å². The molecule has 9 nitrogen and oxygen atoms in total. The SMILES string of the molecule is CCCC/C(=N/C1(C=O)CCCC1)N(C)Cc1ccc(-c2ccccc2[S+]([O-])Nc2noc(C)c2C)c(CN2CCC3(CC3)C2=O)c1. The van der Waals surface area contributed by atoms with Crippen LogP contribution in [0.3, 0.4) is 0 Å². The van der Waals surface area contributed by atoms with E-state index in [1.807, 2.05) is 43.0 Å². The van der Waals surface area contributed by atoms with Crippen LogP contribution < -0.4 is 4.72 Å². The third-order valence-electron chi connectivity index (χ3n) is 10.4. The zero-order valence-electron chi connectivity index (χ0n) is 28.1. The van der Waals surface area contributed by atoms with Crippen molar-refractivity contribution in [3.05, 3.63) is 64.9 Å². The first kappa shape index (κ1) is 33.3. The molecule has 2 aliphatic carbocycles. The molecule has 1 amide bonds. The topological polar surface area (TPSA) is 114 Å². The molecule has 1 saturated heterocycles. The van der Waals surface area contributed by atoms with Gasteiger partial charge in [0, 0.05) is 44.2 Å². The fourth-order valence-electron chi connectivity index (χ4n) is 7.04. The summed E-state index contributed by atoms with van der Waals surface area (Å²) >= 11 is -1.60. The van der Waals surface area contributed by atoms with Gasteiger partial charge in [-0.15, -0.1) is 0 Å². The third kappa shape index (κ3) is 6.99. The molecule has 250 valence electrons. The number of unbranched alkanes of at least 4 members (excludes halogenated alkanes) is 1. The van der Waals surface area contributed by atoms with Gasteiger partial charge in [-0.2, -0.15) is 4.72 Å². The lowest BCUT2D eigenvalue weighted by atomic mass is 9.96. The maximum absolute atomic E-state index is 13.7. The van der Waals surface area contributed by atoms with Crippen molar-refractivity contribution in [3.63, 3.8) is 0 Å². The number of amidine groups is 1. The number of hydrogen-bond donors (Lipinski definition) is 1. The Hall–Kier alpha value is -3.63. The first-order valence-corrected chi connectivity index (χ1v) is 18.2. The number of benzene rings is 2. The number of amides is 1. The summed E-state index contributed by atoms with van der Waals surface area (Å²) in [6.07, 6.45) is 10.5. The number of carbonyl (C=O) groups is 2. The number of nitrogens with one attached hydrogen (secondary N) is 1. The second-order valence-electron chi connectivity index (χ2n) is 13.7. The Morgan fingerprint density at radius 2 is 1.89 bits per heavy atom. The number of anilines is 1. The minimum Gasteiger partial charge on any atom is -0.588 e. The Bertz CT molecular complexity index is 1640. The van der Waals surface area contributed by atoms with E-state index in [4.69, 9.17) is 9.52 Å². The Kier molecular flexibility index (Phi) is 9.80. The Morgan fingerprint density at radius 1 is 1.13 bits per heavy atom. The van der Waals surface area contributed by atoms with Crippen LogP contribution in [0.5, 0.6) is 0 Å². The standard InChI is InChI=1S/C37H47N5O4S/c1-5-6-13-33(38-37(25-43)16-9-10-17-37)41(4)23-28-14-15-30(29(22-28)24-42-21-20-36(18-19-36)35(42)44)31-11-7-8-12-32(31)47(45)40-34-26(2)27(3)46-39-34/h7-8,11-12,14-15,22,25H,5-6,9-10,13,16-21,23-24H2,1-4H3,(H,39,40)/b38-33-. The van der Waals surface area contributed by atoms with E-state index in [-0.39, 0.29) is 11.3 Å². The second-order valence-corrected chi connectivity index (χ2v) is 14.9. The van der Waals surface area contributed by atoms with Gasteiger partial charge < -0.3 is 23.7 Å². The highest BCUT2D eigenvalue weighted by atomic mass is 32.2. The smallest absolute Gasteiger partial charge is 0.229 e. The maximum Gasteiger partial charge on any atom is 0.229 e. The van der Waals surface area contributed by atoms with Gasteiger partial charge in [0.05, 0.1) is 5.41 Å². The molecule has 1 aromatic heterocycles. The van der Waals surface area contributed by atoms with Gasteiger partial charge >= 0.3 is 0 Å².